The van der Waals surface area contributed by atoms with Gasteiger partial charge in [0.15, 0.2) is 0 Å². The van der Waals surface area contributed by atoms with Crippen molar-refractivity contribution in [3.05, 3.63) is 54.1 Å². The van der Waals surface area contributed by atoms with Crippen LogP contribution in [-0.4, -0.2) is 82.5 Å². The van der Waals surface area contributed by atoms with Crippen molar-refractivity contribution in [2.45, 2.75) is 19.9 Å². The van der Waals surface area contributed by atoms with Crippen molar-refractivity contribution in [3.63, 3.8) is 0 Å². The van der Waals surface area contributed by atoms with Gasteiger partial charge in [0.1, 0.15) is 12.4 Å². The molecule has 0 atom stereocenters. The van der Waals surface area contributed by atoms with E-state index in [1.54, 1.807) is 37.4 Å². The number of methoxy groups -OCH3 is 1. The fraction of sp³-hybridized carbons (Fsp3) is 0.462. The van der Waals surface area contributed by atoms with Crippen LogP contribution in [0.15, 0.2) is 48.5 Å². The lowest BCUT2D eigenvalue weighted by molar-refractivity contribution is -0.113. The number of Topliss-reactive ketones (excluding diaryl/α,β-unsaturated/α-hetero) is 1. The molecule has 0 radical (unpaired) electrons. The zero-order valence-corrected chi connectivity index (χ0v) is 20.2. The van der Waals surface area contributed by atoms with Gasteiger partial charge < -0.3 is 18.9 Å². The molecular weight excluding hydrogens is 436 g/mol. The monoisotopic (exact) mass is 470 g/mol. The van der Waals surface area contributed by atoms with E-state index in [2.05, 4.69) is 18.7 Å². The summed E-state index contributed by atoms with van der Waals surface area (Å²) in [5, 5.41) is 0. The molecule has 2 aromatic carbocycles. The minimum Gasteiger partial charge on any atom is -0.492 e. The number of carbonyl (C=O) groups is 2. The third-order valence-corrected chi connectivity index (χ3v) is 5.59. The molecule has 184 valence electrons. The first-order chi connectivity index (χ1) is 16.5. The van der Waals surface area contributed by atoms with Crippen LogP contribution in [0.4, 0.5) is 11.4 Å². The third kappa shape index (κ3) is 6.87. The van der Waals surface area contributed by atoms with Gasteiger partial charge in [-0.15, -0.1) is 0 Å². The summed E-state index contributed by atoms with van der Waals surface area (Å²) in [5.41, 5.74) is 1.69. The smallest absolute Gasteiger partial charge is 0.304 e. The summed E-state index contributed by atoms with van der Waals surface area (Å²) in [5.74, 6) is -0.304. The van der Waals surface area contributed by atoms with E-state index in [-0.39, 0.29) is 0 Å². The molecule has 0 saturated carbocycles. The van der Waals surface area contributed by atoms with Crippen LogP contribution in [0.3, 0.4) is 0 Å². The van der Waals surface area contributed by atoms with Gasteiger partial charge in [-0.3, -0.25) is 19.4 Å². The van der Waals surface area contributed by atoms with E-state index in [1.807, 2.05) is 18.2 Å². The lowest BCUT2D eigenvalue weighted by Crippen LogP contribution is -2.37. The van der Waals surface area contributed by atoms with E-state index in [0.717, 1.165) is 13.1 Å². The van der Waals surface area contributed by atoms with Crippen LogP contribution < -0.4 is 9.64 Å². The standard InChI is InChI=1S/C26H34N2O6/c1-20(2)27(12-14-32-18-19-33-17-16-31-3)13-15-34-22-10-8-21(9-11-22)28-24-7-5-4-6-23(24)25(29)26(28)30/h4-11,20H,12-19H2,1-3H3. The van der Waals surface area contributed by atoms with Crippen LogP contribution in [0.5, 0.6) is 5.75 Å². The summed E-state index contributed by atoms with van der Waals surface area (Å²) in [6.07, 6.45) is 0. The molecule has 0 bridgehead atoms. The van der Waals surface area contributed by atoms with Crippen LogP contribution in [0.25, 0.3) is 0 Å². The molecule has 1 aliphatic rings. The van der Waals surface area contributed by atoms with Crippen molar-refractivity contribution in [2.75, 3.05) is 64.7 Å². The molecule has 3 rings (SSSR count). The zero-order valence-electron chi connectivity index (χ0n) is 20.2. The molecule has 0 unspecified atom stereocenters. The number of carbonyl (C=O) groups excluding carboxylic acids is 2. The summed E-state index contributed by atoms with van der Waals surface area (Å²) in [6, 6.07) is 14.6. The van der Waals surface area contributed by atoms with Crippen LogP contribution in [-0.2, 0) is 19.0 Å². The molecular formula is C26H34N2O6. The Bertz CT molecular complexity index is 931. The number of benzene rings is 2. The maximum atomic E-state index is 12.5. The van der Waals surface area contributed by atoms with E-state index >= 15 is 0 Å². The van der Waals surface area contributed by atoms with Gasteiger partial charge in [-0.2, -0.15) is 0 Å². The summed E-state index contributed by atoms with van der Waals surface area (Å²) in [4.78, 5) is 28.4. The summed E-state index contributed by atoms with van der Waals surface area (Å²) < 4.78 is 21.9. The number of hydrogen-bond acceptors (Lipinski definition) is 7. The van der Waals surface area contributed by atoms with Gasteiger partial charge in [0.2, 0.25) is 0 Å². The number of ketones is 1. The highest BCUT2D eigenvalue weighted by Gasteiger charge is 2.36. The average molecular weight is 471 g/mol. The fourth-order valence-corrected chi connectivity index (χ4v) is 3.69. The number of fused-ring (bicyclic) bond motifs is 1. The van der Waals surface area contributed by atoms with Gasteiger partial charge in [-0.25, -0.2) is 0 Å². The predicted octanol–water partition coefficient (Wildman–Crippen LogP) is 3.32. The van der Waals surface area contributed by atoms with Gasteiger partial charge >= 0.3 is 5.91 Å². The largest absolute Gasteiger partial charge is 0.492 e. The lowest BCUT2D eigenvalue weighted by atomic mass is 10.1. The minimum atomic E-state index is -0.536. The quantitative estimate of drug-likeness (QED) is 0.292. The Morgan fingerprint density at radius 2 is 1.47 bits per heavy atom. The lowest BCUT2D eigenvalue weighted by Gasteiger charge is -2.26. The number of rotatable bonds is 15. The molecule has 1 aliphatic heterocycles. The van der Waals surface area contributed by atoms with Crippen LogP contribution in [0.1, 0.15) is 24.2 Å². The molecule has 0 aliphatic carbocycles. The molecule has 0 spiro atoms. The third-order valence-electron chi connectivity index (χ3n) is 5.59. The highest BCUT2D eigenvalue weighted by molar-refractivity contribution is 6.53. The average Bonchev–Trinajstić information content (AvgIpc) is 3.10. The Morgan fingerprint density at radius 1 is 0.824 bits per heavy atom. The van der Waals surface area contributed by atoms with E-state index in [9.17, 15) is 9.59 Å². The van der Waals surface area contributed by atoms with Gasteiger partial charge in [0.25, 0.3) is 5.78 Å². The first-order valence-electron chi connectivity index (χ1n) is 11.6. The maximum absolute atomic E-state index is 12.5. The Morgan fingerprint density at radius 3 is 2.18 bits per heavy atom. The second-order valence-corrected chi connectivity index (χ2v) is 8.18. The van der Waals surface area contributed by atoms with Crippen molar-refractivity contribution >= 4 is 23.1 Å². The molecule has 8 nitrogen and oxygen atoms in total. The van der Waals surface area contributed by atoms with Crippen molar-refractivity contribution < 1.29 is 28.5 Å². The van der Waals surface area contributed by atoms with E-state index in [0.29, 0.717) is 68.4 Å². The van der Waals surface area contributed by atoms with Gasteiger partial charge in [0.05, 0.1) is 44.3 Å². The number of nitrogens with zero attached hydrogens (tertiary/aromatic N) is 2. The number of ether oxygens (including phenoxy) is 4. The Hall–Kier alpha value is -2.78. The van der Waals surface area contributed by atoms with Crippen LogP contribution in [0.2, 0.25) is 0 Å². The first-order valence-corrected chi connectivity index (χ1v) is 11.6. The highest BCUT2D eigenvalue weighted by atomic mass is 16.5. The molecule has 2 aromatic rings. The predicted molar refractivity (Wildman–Crippen MR) is 130 cm³/mol. The Labute approximate surface area is 201 Å². The zero-order chi connectivity index (χ0) is 24.3. The van der Waals surface area contributed by atoms with Crippen molar-refractivity contribution in [2.24, 2.45) is 0 Å². The van der Waals surface area contributed by atoms with Crippen molar-refractivity contribution in [1.29, 1.82) is 0 Å². The van der Waals surface area contributed by atoms with Crippen molar-refractivity contribution in [1.82, 2.24) is 4.90 Å². The molecule has 1 amide bonds. The minimum absolute atomic E-state index is 0.367. The maximum Gasteiger partial charge on any atom is 0.304 e. The number of para-hydroxylation sites is 1. The fourth-order valence-electron chi connectivity index (χ4n) is 3.69. The molecule has 1 heterocycles. The molecule has 0 fully saturated rings. The first kappa shape index (κ1) is 25.8. The molecule has 8 heteroatoms. The Kier molecular flexibility index (Phi) is 10.0. The summed E-state index contributed by atoms with van der Waals surface area (Å²) in [7, 11) is 1.65. The number of amides is 1. The van der Waals surface area contributed by atoms with E-state index in [4.69, 9.17) is 18.9 Å². The SMILES string of the molecule is COCCOCCOCCN(CCOc1ccc(N2C(=O)C(=O)c3ccccc32)cc1)C(C)C. The number of hydrogen-bond donors (Lipinski definition) is 0. The number of anilines is 2. The van der Waals surface area contributed by atoms with Crippen molar-refractivity contribution in [3.8, 4) is 5.75 Å². The molecule has 34 heavy (non-hydrogen) atoms. The van der Waals surface area contributed by atoms with Crippen LogP contribution >= 0.6 is 0 Å². The van der Waals surface area contributed by atoms with E-state index in [1.165, 1.54) is 4.90 Å². The molecule has 0 saturated heterocycles. The summed E-state index contributed by atoms with van der Waals surface area (Å²) >= 11 is 0. The second-order valence-electron chi connectivity index (χ2n) is 8.18. The normalized spacial score (nSPS) is 13.3. The summed E-state index contributed by atoms with van der Waals surface area (Å²) in [6.45, 7) is 9.32. The van der Waals surface area contributed by atoms with Gasteiger partial charge in [-0.05, 0) is 50.2 Å². The molecule has 0 N–H and O–H groups in total. The molecule has 0 aromatic heterocycles. The van der Waals surface area contributed by atoms with Gasteiger partial charge in [0, 0.05) is 31.9 Å². The van der Waals surface area contributed by atoms with E-state index < -0.39 is 11.7 Å². The second kappa shape index (κ2) is 13.2. The topological polar surface area (TPSA) is 77.5 Å². The van der Waals surface area contributed by atoms with Gasteiger partial charge in [-0.1, -0.05) is 12.1 Å². The van der Waals surface area contributed by atoms with Crippen LogP contribution in [0, 0.1) is 0 Å². The Balaban J connectivity index is 1.43. The highest BCUT2D eigenvalue weighted by Crippen LogP contribution is 2.35.